The Labute approximate surface area is 192 Å². The maximum absolute atomic E-state index is 12.9. The molecular formula is C25H26N6O2. The number of imidazole rings is 1. The van der Waals surface area contributed by atoms with Gasteiger partial charge in [0, 0.05) is 36.4 Å². The lowest BCUT2D eigenvalue weighted by molar-refractivity contribution is -0.118. The second-order valence-electron chi connectivity index (χ2n) is 8.05. The summed E-state index contributed by atoms with van der Waals surface area (Å²) in [6.07, 6.45) is 5.50. The van der Waals surface area contributed by atoms with Crippen LogP contribution in [-0.2, 0) is 11.3 Å². The molecule has 4 rings (SSSR count). The van der Waals surface area contributed by atoms with Crippen molar-refractivity contribution in [1.82, 2.24) is 25.0 Å². The summed E-state index contributed by atoms with van der Waals surface area (Å²) in [7, 11) is 0. The zero-order chi connectivity index (χ0) is 23.2. The molecule has 0 aliphatic heterocycles. The number of aromatic nitrogens is 3. The average molecular weight is 443 g/mol. The van der Waals surface area contributed by atoms with Gasteiger partial charge >= 0.3 is 6.03 Å². The maximum atomic E-state index is 12.9. The summed E-state index contributed by atoms with van der Waals surface area (Å²) in [6.45, 7) is 4.17. The number of benzene rings is 2. The molecule has 1 atom stereocenters. The van der Waals surface area contributed by atoms with Gasteiger partial charge in [-0.3, -0.25) is 9.20 Å². The first-order valence-corrected chi connectivity index (χ1v) is 10.8. The molecule has 3 amide bonds. The van der Waals surface area contributed by atoms with E-state index in [0.717, 1.165) is 16.8 Å². The lowest BCUT2D eigenvalue weighted by Crippen LogP contribution is -2.50. The van der Waals surface area contributed by atoms with Crippen LogP contribution in [-0.4, -0.2) is 32.3 Å². The normalized spacial score (nSPS) is 11.8. The molecule has 33 heavy (non-hydrogen) atoms. The van der Waals surface area contributed by atoms with Gasteiger partial charge in [-0.15, -0.1) is 0 Å². The topological polar surface area (TPSA) is 100 Å². The summed E-state index contributed by atoms with van der Waals surface area (Å²) < 4.78 is 1.85. The number of carbonyl (C=O) groups is 2. The van der Waals surface area contributed by atoms with Gasteiger partial charge in [-0.2, -0.15) is 0 Å². The maximum Gasteiger partial charge on any atom is 0.315 e. The quantitative estimate of drug-likeness (QED) is 0.405. The highest BCUT2D eigenvalue weighted by molar-refractivity contribution is 5.97. The standard InChI is InChI=1S/C25H26N6O2/c1-17(2)22(30-25(33)27-15-18-7-4-3-5-8-18)23(32)28-20-11-9-19(10-12-20)21-16-31-14-6-13-26-24(31)29-21/h3-14,16-17,22H,15H2,1-2H3,(H,28,32)(H2,27,30,33). The van der Waals surface area contributed by atoms with Crippen molar-refractivity contribution in [2.24, 2.45) is 5.92 Å². The minimum absolute atomic E-state index is 0.0859. The molecule has 4 aromatic rings. The Bertz CT molecular complexity index is 1200. The lowest BCUT2D eigenvalue weighted by atomic mass is 10.0. The first-order valence-electron chi connectivity index (χ1n) is 10.8. The smallest absolute Gasteiger partial charge is 0.315 e. The molecule has 0 radical (unpaired) electrons. The van der Waals surface area contributed by atoms with E-state index in [0.29, 0.717) is 18.0 Å². The van der Waals surface area contributed by atoms with E-state index < -0.39 is 6.04 Å². The van der Waals surface area contributed by atoms with E-state index in [4.69, 9.17) is 0 Å². The third-order valence-electron chi connectivity index (χ3n) is 5.22. The molecule has 0 aliphatic rings. The molecule has 2 aromatic heterocycles. The number of hydrogen-bond donors (Lipinski definition) is 3. The Morgan fingerprint density at radius 1 is 1.00 bits per heavy atom. The fourth-order valence-electron chi connectivity index (χ4n) is 3.42. The predicted molar refractivity (Wildman–Crippen MR) is 127 cm³/mol. The fourth-order valence-corrected chi connectivity index (χ4v) is 3.42. The third-order valence-corrected chi connectivity index (χ3v) is 5.22. The van der Waals surface area contributed by atoms with E-state index in [1.54, 1.807) is 6.20 Å². The third kappa shape index (κ3) is 5.54. The van der Waals surface area contributed by atoms with Crippen molar-refractivity contribution in [2.75, 3.05) is 5.32 Å². The Hall–Kier alpha value is -4.20. The monoisotopic (exact) mass is 442 g/mol. The van der Waals surface area contributed by atoms with Crippen LogP contribution in [0.1, 0.15) is 19.4 Å². The van der Waals surface area contributed by atoms with E-state index in [1.807, 2.05) is 91.3 Å². The van der Waals surface area contributed by atoms with Crippen molar-refractivity contribution >= 4 is 23.4 Å². The van der Waals surface area contributed by atoms with Gasteiger partial charge in [-0.25, -0.2) is 14.8 Å². The largest absolute Gasteiger partial charge is 0.334 e. The number of amides is 3. The van der Waals surface area contributed by atoms with Crippen LogP contribution in [0.2, 0.25) is 0 Å². The van der Waals surface area contributed by atoms with Crippen molar-refractivity contribution in [3.05, 3.63) is 84.8 Å². The Morgan fingerprint density at radius 3 is 2.45 bits per heavy atom. The molecule has 0 aliphatic carbocycles. The van der Waals surface area contributed by atoms with Crippen LogP contribution in [0.4, 0.5) is 10.5 Å². The molecule has 0 spiro atoms. The molecule has 2 heterocycles. The second kappa shape index (κ2) is 9.95. The van der Waals surface area contributed by atoms with E-state index in [-0.39, 0.29) is 17.9 Å². The molecule has 2 aromatic carbocycles. The van der Waals surface area contributed by atoms with Crippen LogP contribution >= 0.6 is 0 Å². The van der Waals surface area contributed by atoms with E-state index in [9.17, 15) is 9.59 Å². The van der Waals surface area contributed by atoms with Gasteiger partial charge in [-0.05, 0) is 29.7 Å². The van der Waals surface area contributed by atoms with Crippen LogP contribution in [0.5, 0.6) is 0 Å². The number of anilines is 1. The summed E-state index contributed by atoms with van der Waals surface area (Å²) in [5.74, 6) is 0.267. The SMILES string of the molecule is CC(C)C(NC(=O)NCc1ccccc1)C(=O)Nc1ccc(-c2cn3cccnc3n2)cc1. The van der Waals surface area contributed by atoms with Crippen LogP contribution in [0, 0.1) is 5.92 Å². The highest BCUT2D eigenvalue weighted by Crippen LogP contribution is 2.21. The molecule has 3 N–H and O–H groups in total. The van der Waals surface area contributed by atoms with Gasteiger partial charge in [0.05, 0.1) is 5.69 Å². The van der Waals surface area contributed by atoms with Gasteiger partial charge in [0.1, 0.15) is 6.04 Å². The summed E-state index contributed by atoms with van der Waals surface area (Å²) in [5.41, 5.74) is 3.34. The zero-order valence-corrected chi connectivity index (χ0v) is 18.5. The number of fused-ring (bicyclic) bond motifs is 1. The van der Waals surface area contributed by atoms with Crippen LogP contribution in [0.15, 0.2) is 79.3 Å². The molecule has 168 valence electrons. The summed E-state index contributed by atoms with van der Waals surface area (Å²) in [5, 5.41) is 8.46. The number of rotatable bonds is 7. The van der Waals surface area contributed by atoms with Crippen LogP contribution in [0.3, 0.4) is 0 Å². The number of nitrogens with one attached hydrogen (secondary N) is 3. The van der Waals surface area contributed by atoms with Gasteiger partial charge in [0.15, 0.2) is 0 Å². The van der Waals surface area contributed by atoms with Gasteiger partial charge in [-0.1, -0.05) is 56.3 Å². The van der Waals surface area contributed by atoms with Gasteiger partial charge < -0.3 is 16.0 Å². The molecule has 0 bridgehead atoms. The van der Waals surface area contributed by atoms with E-state index >= 15 is 0 Å². The minimum Gasteiger partial charge on any atom is -0.334 e. The van der Waals surface area contributed by atoms with E-state index in [2.05, 4.69) is 25.9 Å². The number of carbonyl (C=O) groups excluding carboxylic acids is 2. The fraction of sp³-hybridized carbons (Fsp3) is 0.200. The van der Waals surface area contributed by atoms with Crippen molar-refractivity contribution in [1.29, 1.82) is 0 Å². The molecular weight excluding hydrogens is 416 g/mol. The van der Waals surface area contributed by atoms with Crippen LogP contribution < -0.4 is 16.0 Å². The molecule has 0 saturated carbocycles. The molecule has 0 fully saturated rings. The zero-order valence-electron chi connectivity index (χ0n) is 18.5. The minimum atomic E-state index is -0.676. The Morgan fingerprint density at radius 2 is 1.76 bits per heavy atom. The summed E-state index contributed by atoms with van der Waals surface area (Å²) in [4.78, 5) is 33.9. The molecule has 0 saturated heterocycles. The average Bonchev–Trinajstić information content (AvgIpc) is 3.26. The second-order valence-corrected chi connectivity index (χ2v) is 8.05. The molecule has 8 heteroatoms. The van der Waals surface area contributed by atoms with Crippen molar-refractivity contribution < 1.29 is 9.59 Å². The molecule has 1 unspecified atom stereocenters. The highest BCUT2D eigenvalue weighted by atomic mass is 16.2. The van der Waals surface area contributed by atoms with Crippen molar-refractivity contribution in [3.8, 4) is 11.3 Å². The number of urea groups is 1. The van der Waals surface area contributed by atoms with E-state index in [1.165, 1.54) is 0 Å². The predicted octanol–water partition coefficient (Wildman–Crippen LogP) is 3.86. The Balaban J connectivity index is 1.37. The number of nitrogens with zero attached hydrogens (tertiary/aromatic N) is 3. The summed E-state index contributed by atoms with van der Waals surface area (Å²) in [6, 6.07) is 17.8. The van der Waals surface area contributed by atoms with Crippen LogP contribution in [0.25, 0.3) is 17.0 Å². The molecule has 8 nitrogen and oxygen atoms in total. The first-order chi connectivity index (χ1) is 16.0. The lowest BCUT2D eigenvalue weighted by Gasteiger charge is -2.22. The number of hydrogen-bond acceptors (Lipinski definition) is 4. The van der Waals surface area contributed by atoms with Gasteiger partial charge in [0.25, 0.3) is 0 Å². The highest BCUT2D eigenvalue weighted by Gasteiger charge is 2.24. The van der Waals surface area contributed by atoms with Gasteiger partial charge in [0.2, 0.25) is 11.7 Å². The Kier molecular flexibility index (Phi) is 6.64. The van der Waals surface area contributed by atoms with Crippen molar-refractivity contribution in [3.63, 3.8) is 0 Å². The summed E-state index contributed by atoms with van der Waals surface area (Å²) >= 11 is 0. The first kappa shape index (κ1) is 22.0. The van der Waals surface area contributed by atoms with Crippen molar-refractivity contribution in [2.45, 2.75) is 26.4 Å².